The number of hydrogen-bond acceptors (Lipinski definition) is 2. The standard InChI is InChI=1S/C13H9BrFNO/c1-8-4-2-7-11(16-8)13(17)9-5-3-6-10(14)12(9)15/h2-7H,1H3. The quantitative estimate of drug-likeness (QED) is 0.793. The summed E-state index contributed by atoms with van der Waals surface area (Å²) in [6.45, 7) is 1.79. The van der Waals surface area contributed by atoms with Crippen LogP contribution in [0.4, 0.5) is 4.39 Å². The fraction of sp³-hybridized carbons (Fsp3) is 0.0769. The third-order valence-electron chi connectivity index (χ3n) is 2.32. The molecule has 17 heavy (non-hydrogen) atoms. The molecule has 0 N–H and O–H groups in total. The zero-order chi connectivity index (χ0) is 12.4. The zero-order valence-corrected chi connectivity index (χ0v) is 10.7. The van der Waals surface area contributed by atoms with Gasteiger partial charge in [0, 0.05) is 5.69 Å². The van der Waals surface area contributed by atoms with Gasteiger partial charge in [-0.1, -0.05) is 12.1 Å². The molecule has 1 aromatic heterocycles. The average Bonchev–Trinajstić information content (AvgIpc) is 2.32. The summed E-state index contributed by atoms with van der Waals surface area (Å²) in [6.07, 6.45) is 0. The van der Waals surface area contributed by atoms with Crippen molar-refractivity contribution < 1.29 is 9.18 Å². The van der Waals surface area contributed by atoms with Crippen LogP contribution in [0.15, 0.2) is 40.9 Å². The summed E-state index contributed by atoms with van der Waals surface area (Å²) < 4.78 is 14.0. The Labute approximate surface area is 107 Å². The smallest absolute Gasteiger partial charge is 0.214 e. The van der Waals surface area contributed by atoms with Gasteiger partial charge in [-0.25, -0.2) is 9.37 Å². The molecule has 1 aromatic carbocycles. The lowest BCUT2D eigenvalue weighted by molar-refractivity contribution is 0.103. The van der Waals surface area contributed by atoms with Crippen molar-refractivity contribution in [3.8, 4) is 0 Å². The highest BCUT2D eigenvalue weighted by molar-refractivity contribution is 9.10. The third kappa shape index (κ3) is 2.42. The lowest BCUT2D eigenvalue weighted by Crippen LogP contribution is -2.07. The molecule has 0 saturated carbocycles. The van der Waals surface area contributed by atoms with Gasteiger partial charge < -0.3 is 0 Å². The molecule has 0 fully saturated rings. The molecule has 0 atom stereocenters. The van der Waals surface area contributed by atoms with E-state index in [1.807, 2.05) is 0 Å². The first kappa shape index (κ1) is 11.9. The summed E-state index contributed by atoms with van der Waals surface area (Å²) in [5.74, 6) is -0.965. The van der Waals surface area contributed by atoms with Crippen molar-refractivity contribution in [2.45, 2.75) is 6.92 Å². The normalized spacial score (nSPS) is 10.3. The summed E-state index contributed by atoms with van der Waals surface area (Å²) in [5.41, 5.74) is 1.01. The van der Waals surface area contributed by atoms with E-state index in [9.17, 15) is 9.18 Å². The Kier molecular flexibility index (Phi) is 3.33. The lowest BCUT2D eigenvalue weighted by atomic mass is 10.1. The van der Waals surface area contributed by atoms with Gasteiger partial charge in [0.25, 0.3) is 0 Å². The Balaban J connectivity index is 2.48. The molecular weight excluding hydrogens is 285 g/mol. The molecule has 0 aliphatic carbocycles. The number of rotatable bonds is 2. The Hall–Kier alpha value is -1.55. The van der Waals surface area contributed by atoms with E-state index in [4.69, 9.17) is 0 Å². The van der Waals surface area contributed by atoms with Crippen molar-refractivity contribution >= 4 is 21.7 Å². The van der Waals surface area contributed by atoms with E-state index in [0.717, 1.165) is 5.69 Å². The van der Waals surface area contributed by atoms with E-state index in [1.165, 1.54) is 6.07 Å². The van der Waals surface area contributed by atoms with Crippen molar-refractivity contribution in [1.82, 2.24) is 4.98 Å². The van der Waals surface area contributed by atoms with Gasteiger partial charge in [-0.2, -0.15) is 0 Å². The van der Waals surface area contributed by atoms with Gasteiger partial charge in [0.2, 0.25) is 5.78 Å². The maximum Gasteiger partial charge on any atom is 0.214 e. The molecule has 0 spiro atoms. The Morgan fingerprint density at radius 2 is 1.94 bits per heavy atom. The molecule has 0 saturated heterocycles. The second kappa shape index (κ2) is 4.75. The van der Waals surface area contributed by atoms with E-state index in [-0.39, 0.29) is 15.7 Å². The maximum atomic E-state index is 13.7. The van der Waals surface area contributed by atoms with E-state index in [1.54, 1.807) is 37.3 Å². The number of ketones is 1. The summed E-state index contributed by atoms with van der Waals surface area (Å²) in [7, 11) is 0. The van der Waals surface area contributed by atoms with Crippen molar-refractivity contribution in [2.24, 2.45) is 0 Å². The molecule has 2 aromatic rings. The average molecular weight is 294 g/mol. The molecule has 0 unspecified atom stereocenters. The number of hydrogen-bond donors (Lipinski definition) is 0. The monoisotopic (exact) mass is 293 g/mol. The fourth-order valence-corrected chi connectivity index (χ4v) is 1.85. The van der Waals surface area contributed by atoms with Gasteiger partial charge in [-0.3, -0.25) is 4.79 Å². The predicted octanol–water partition coefficient (Wildman–Crippen LogP) is 3.52. The first-order valence-electron chi connectivity index (χ1n) is 5.02. The number of benzene rings is 1. The molecule has 0 bridgehead atoms. The van der Waals surface area contributed by atoms with Gasteiger partial charge in [0.1, 0.15) is 11.5 Å². The van der Waals surface area contributed by atoms with Crippen molar-refractivity contribution in [3.63, 3.8) is 0 Å². The predicted molar refractivity (Wildman–Crippen MR) is 66.5 cm³/mol. The van der Waals surface area contributed by atoms with Crippen LogP contribution in [-0.4, -0.2) is 10.8 Å². The largest absolute Gasteiger partial charge is 0.287 e. The highest BCUT2D eigenvalue weighted by Gasteiger charge is 2.16. The number of halogens is 2. The van der Waals surface area contributed by atoms with Crippen LogP contribution in [0.5, 0.6) is 0 Å². The summed E-state index contributed by atoms with van der Waals surface area (Å²) in [5, 5.41) is 0. The molecule has 2 nitrogen and oxygen atoms in total. The van der Waals surface area contributed by atoms with Crippen molar-refractivity contribution in [1.29, 1.82) is 0 Å². The summed E-state index contributed by atoms with van der Waals surface area (Å²) >= 11 is 3.05. The lowest BCUT2D eigenvalue weighted by Gasteiger charge is -2.04. The molecule has 4 heteroatoms. The van der Waals surface area contributed by atoms with Crippen LogP contribution in [0.25, 0.3) is 0 Å². The van der Waals surface area contributed by atoms with Gasteiger partial charge in [-0.15, -0.1) is 0 Å². The molecular formula is C13H9BrFNO. The number of aromatic nitrogens is 1. The van der Waals surface area contributed by atoms with E-state index in [0.29, 0.717) is 0 Å². The minimum Gasteiger partial charge on any atom is -0.287 e. The highest BCUT2D eigenvalue weighted by Crippen LogP contribution is 2.20. The van der Waals surface area contributed by atoms with Crippen LogP contribution in [-0.2, 0) is 0 Å². The van der Waals surface area contributed by atoms with E-state index in [2.05, 4.69) is 20.9 Å². The second-order valence-electron chi connectivity index (χ2n) is 3.59. The van der Waals surface area contributed by atoms with Crippen LogP contribution in [0.2, 0.25) is 0 Å². The minimum atomic E-state index is -0.555. The third-order valence-corrected chi connectivity index (χ3v) is 2.93. The SMILES string of the molecule is Cc1cccc(C(=O)c2cccc(Br)c2F)n1. The Morgan fingerprint density at radius 3 is 2.65 bits per heavy atom. The van der Waals surface area contributed by atoms with Crippen LogP contribution >= 0.6 is 15.9 Å². The molecule has 2 rings (SSSR count). The van der Waals surface area contributed by atoms with Gasteiger partial charge in [0.05, 0.1) is 10.0 Å². The molecule has 0 aliphatic heterocycles. The second-order valence-corrected chi connectivity index (χ2v) is 4.45. The van der Waals surface area contributed by atoms with Gasteiger partial charge in [-0.05, 0) is 47.1 Å². The number of pyridine rings is 1. The van der Waals surface area contributed by atoms with Crippen LogP contribution < -0.4 is 0 Å². The van der Waals surface area contributed by atoms with Gasteiger partial charge >= 0.3 is 0 Å². The molecule has 86 valence electrons. The molecule has 0 radical (unpaired) electrons. The number of carbonyl (C=O) groups excluding carboxylic acids is 1. The summed E-state index contributed by atoms with van der Waals surface area (Å²) in [6, 6.07) is 9.72. The van der Waals surface area contributed by atoms with Crippen molar-refractivity contribution in [2.75, 3.05) is 0 Å². The zero-order valence-electron chi connectivity index (χ0n) is 9.08. The number of nitrogens with zero attached hydrogens (tertiary/aromatic N) is 1. The molecule has 1 heterocycles. The van der Waals surface area contributed by atoms with E-state index < -0.39 is 11.6 Å². The fourth-order valence-electron chi connectivity index (χ4n) is 1.49. The summed E-state index contributed by atoms with van der Waals surface area (Å²) in [4.78, 5) is 16.1. The number of carbonyl (C=O) groups is 1. The topological polar surface area (TPSA) is 30.0 Å². The van der Waals surface area contributed by atoms with Crippen LogP contribution in [0, 0.1) is 12.7 Å². The first-order chi connectivity index (χ1) is 8.09. The first-order valence-corrected chi connectivity index (χ1v) is 5.81. The van der Waals surface area contributed by atoms with Gasteiger partial charge in [0.15, 0.2) is 0 Å². The van der Waals surface area contributed by atoms with Crippen LogP contribution in [0.3, 0.4) is 0 Å². The molecule has 0 aliphatic rings. The molecule has 0 amide bonds. The minimum absolute atomic E-state index is 0.0254. The van der Waals surface area contributed by atoms with Crippen LogP contribution in [0.1, 0.15) is 21.7 Å². The highest BCUT2D eigenvalue weighted by atomic mass is 79.9. The maximum absolute atomic E-state index is 13.7. The Morgan fingerprint density at radius 1 is 1.24 bits per heavy atom. The van der Waals surface area contributed by atoms with Crippen molar-refractivity contribution in [3.05, 3.63) is 63.6 Å². The number of aryl methyl sites for hydroxylation is 1. The van der Waals surface area contributed by atoms with E-state index >= 15 is 0 Å². The Bertz CT molecular complexity index is 583.